The maximum absolute atomic E-state index is 8.95. The molecule has 0 spiro atoms. The first kappa shape index (κ1) is 31.0. The third-order valence-corrected chi connectivity index (χ3v) is 13.8. The van der Waals surface area contributed by atoms with E-state index < -0.39 is 0 Å². The van der Waals surface area contributed by atoms with E-state index in [9.17, 15) is 0 Å². The summed E-state index contributed by atoms with van der Waals surface area (Å²) in [5, 5.41) is 12.3. The fraction of sp³-hybridized carbons (Fsp3) is 0.143. The van der Waals surface area contributed by atoms with Gasteiger partial charge in [-0.05, 0) is 92.3 Å². The van der Waals surface area contributed by atoms with Crippen LogP contribution < -0.4 is 9.47 Å². The van der Waals surface area contributed by atoms with E-state index in [1.54, 1.807) is 45.3 Å². The molecule has 0 bridgehead atoms. The van der Waals surface area contributed by atoms with Crippen molar-refractivity contribution in [1.29, 1.82) is 0 Å². The summed E-state index contributed by atoms with van der Waals surface area (Å²) in [5.41, 5.74) is 12.4. The van der Waals surface area contributed by atoms with Gasteiger partial charge in [-0.25, -0.2) is 0 Å². The van der Waals surface area contributed by atoms with Crippen molar-refractivity contribution in [2.75, 3.05) is 13.2 Å². The first-order chi connectivity index (χ1) is 22.7. The Balaban J connectivity index is 1.05. The average Bonchev–Trinajstić information content (AvgIpc) is 3.90. The van der Waals surface area contributed by atoms with Crippen LogP contribution in [0.3, 0.4) is 0 Å². The second kappa shape index (κ2) is 14.8. The molecule has 7 aromatic rings. The summed E-state index contributed by atoms with van der Waals surface area (Å²) in [6, 6.07) is 27.6. The van der Waals surface area contributed by atoms with E-state index in [1.807, 2.05) is 40.9 Å². The highest BCUT2D eigenvalue weighted by atomic mass is 32.1. The van der Waals surface area contributed by atoms with Crippen LogP contribution >= 0.6 is 68.0 Å². The van der Waals surface area contributed by atoms with Gasteiger partial charge in [0, 0.05) is 62.8 Å². The lowest BCUT2D eigenvalue weighted by Crippen LogP contribution is -2.04. The van der Waals surface area contributed by atoms with E-state index in [-0.39, 0.29) is 6.54 Å². The molecule has 7 rings (SSSR count). The number of azide groups is 1. The number of thiophene rings is 6. The molecular formula is C35H27N3O2S6. The van der Waals surface area contributed by atoms with E-state index in [1.165, 1.54) is 50.1 Å². The predicted molar refractivity (Wildman–Crippen MR) is 200 cm³/mol. The molecule has 46 heavy (non-hydrogen) atoms. The van der Waals surface area contributed by atoms with Crippen LogP contribution in [0.15, 0.2) is 105 Å². The Labute approximate surface area is 291 Å². The van der Waals surface area contributed by atoms with Crippen LogP contribution in [0, 0.1) is 0 Å². The summed E-state index contributed by atoms with van der Waals surface area (Å²) >= 11 is 10.8. The Morgan fingerprint density at radius 1 is 0.565 bits per heavy atom. The second-order valence-electron chi connectivity index (χ2n) is 10.2. The summed E-state index contributed by atoms with van der Waals surface area (Å²) in [6.45, 7) is 1.28. The van der Waals surface area contributed by atoms with Crippen LogP contribution in [0.5, 0.6) is 11.5 Å². The van der Waals surface area contributed by atoms with Crippen LogP contribution in [-0.2, 0) is 19.4 Å². The highest BCUT2D eigenvalue weighted by Crippen LogP contribution is 2.43. The minimum atomic E-state index is 0.235. The van der Waals surface area contributed by atoms with Gasteiger partial charge in [-0.1, -0.05) is 29.4 Å². The van der Waals surface area contributed by atoms with Crippen LogP contribution in [-0.4, -0.2) is 13.2 Å². The second-order valence-corrected chi connectivity index (χ2v) is 16.1. The number of hydrogen-bond donors (Lipinski definition) is 0. The minimum absolute atomic E-state index is 0.235. The quantitative estimate of drug-likeness (QED) is 0.0639. The number of benzene rings is 1. The summed E-state index contributed by atoms with van der Waals surface area (Å²) < 4.78 is 12.6. The topological polar surface area (TPSA) is 67.2 Å². The molecule has 1 aromatic carbocycles. The molecule has 6 heterocycles. The van der Waals surface area contributed by atoms with Gasteiger partial charge in [0.1, 0.15) is 11.5 Å². The lowest BCUT2D eigenvalue weighted by atomic mass is 10.1. The maximum atomic E-state index is 8.95. The summed E-state index contributed by atoms with van der Waals surface area (Å²) in [6.07, 6.45) is 1.56. The summed E-state index contributed by atoms with van der Waals surface area (Å²) in [5.74, 6) is 1.42. The van der Waals surface area contributed by atoms with Crippen LogP contribution in [0.1, 0.15) is 16.7 Å². The molecule has 11 heteroatoms. The number of nitrogens with zero attached hydrogens (tertiary/aromatic N) is 3. The van der Waals surface area contributed by atoms with Gasteiger partial charge < -0.3 is 9.47 Å². The lowest BCUT2D eigenvalue weighted by Gasteiger charge is -2.12. The zero-order valence-corrected chi connectivity index (χ0v) is 29.4. The van der Waals surface area contributed by atoms with Gasteiger partial charge in [-0.2, -0.15) is 0 Å². The van der Waals surface area contributed by atoms with Gasteiger partial charge >= 0.3 is 0 Å². The van der Waals surface area contributed by atoms with E-state index in [0.717, 1.165) is 18.4 Å². The zero-order chi connectivity index (χ0) is 31.1. The van der Waals surface area contributed by atoms with E-state index in [0.29, 0.717) is 24.7 Å². The molecule has 0 saturated heterocycles. The van der Waals surface area contributed by atoms with Gasteiger partial charge in [-0.3, -0.25) is 0 Å². The molecule has 0 N–H and O–H groups in total. The van der Waals surface area contributed by atoms with Gasteiger partial charge in [0.05, 0.1) is 19.8 Å². The van der Waals surface area contributed by atoms with Crippen LogP contribution in [0.25, 0.3) is 49.5 Å². The molecule has 0 fully saturated rings. The lowest BCUT2D eigenvalue weighted by molar-refractivity contribution is 0.305. The Morgan fingerprint density at radius 2 is 1.02 bits per heavy atom. The summed E-state index contributed by atoms with van der Waals surface area (Å²) in [4.78, 5) is 13.3. The summed E-state index contributed by atoms with van der Waals surface area (Å²) in [7, 11) is 0. The maximum Gasteiger partial charge on any atom is 0.123 e. The molecule has 0 radical (unpaired) electrons. The van der Waals surface area contributed by atoms with Crippen molar-refractivity contribution in [3.05, 3.63) is 128 Å². The highest BCUT2D eigenvalue weighted by molar-refractivity contribution is 7.26. The highest BCUT2D eigenvalue weighted by Gasteiger charge is 2.16. The fourth-order valence-corrected chi connectivity index (χ4v) is 10.9. The average molecular weight is 714 g/mol. The largest absolute Gasteiger partial charge is 0.493 e. The van der Waals surface area contributed by atoms with Crippen LogP contribution in [0.2, 0.25) is 0 Å². The molecule has 6 aromatic heterocycles. The molecule has 0 unspecified atom stereocenters. The first-order valence-electron chi connectivity index (χ1n) is 14.5. The van der Waals surface area contributed by atoms with E-state index in [2.05, 4.69) is 92.2 Å². The predicted octanol–water partition coefficient (Wildman–Crippen LogP) is 12.8. The van der Waals surface area contributed by atoms with Crippen molar-refractivity contribution < 1.29 is 9.47 Å². The molecule has 0 saturated carbocycles. The monoisotopic (exact) mass is 713 g/mol. The SMILES string of the molecule is [N-]=[N+]=NCc1cc(OCCc2cc(-c3cccs3)sc2-c2cccs2)cc(OCCc2cc(-c3cccs3)sc2-c2cccs2)c1. The third-order valence-electron chi connectivity index (χ3n) is 7.17. The molecule has 5 nitrogen and oxygen atoms in total. The molecule has 0 amide bonds. The van der Waals surface area contributed by atoms with Crippen molar-refractivity contribution in [2.24, 2.45) is 5.11 Å². The standard InChI is InChI=1S/C35H27N3O2S6/c36-38-37-22-23-17-26(39-11-9-24-19-32(28-5-1-13-41-28)45-34(24)30-7-3-15-43-30)21-27(18-23)40-12-10-25-20-33(29-6-2-14-42-29)46-35(25)31-8-4-16-44-31/h1-8,13-21H,9-12,22H2. The van der Waals surface area contributed by atoms with Crippen molar-refractivity contribution in [3.8, 4) is 50.5 Å². The number of ether oxygens (including phenoxy) is 2. The Bertz CT molecular complexity index is 1900. The molecule has 0 aliphatic rings. The minimum Gasteiger partial charge on any atom is -0.493 e. The molecule has 230 valence electrons. The Hall–Kier alpha value is -3.67. The fourth-order valence-electron chi connectivity index (χ4n) is 5.10. The van der Waals surface area contributed by atoms with Gasteiger partial charge in [0.25, 0.3) is 0 Å². The van der Waals surface area contributed by atoms with Crippen molar-refractivity contribution >= 4 is 68.0 Å². The molecule has 0 aliphatic heterocycles. The molecular weight excluding hydrogens is 687 g/mol. The number of rotatable bonds is 14. The number of hydrogen-bond acceptors (Lipinski definition) is 9. The van der Waals surface area contributed by atoms with Crippen molar-refractivity contribution in [2.45, 2.75) is 19.4 Å². The first-order valence-corrected chi connectivity index (χ1v) is 19.7. The zero-order valence-electron chi connectivity index (χ0n) is 24.5. The Kier molecular flexibility index (Phi) is 9.98. The van der Waals surface area contributed by atoms with Crippen LogP contribution in [0.4, 0.5) is 0 Å². The van der Waals surface area contributed by atoms with Gasteiger partial charge in [0.2, 0.25) is 0 Å². The third kappa shape index (κ3) is 7.32. The van der Waals surface area contributed by atoms with Crippen molar-refractivity contribution in [3.63, 3.8) is 0 Å². The molecule has 0 aliphatic carbocycles. The Morgan fingerprint density at radius 3 is 1.43 bits per heavy atom. The normalized spacial score (nSPS) is 11.0. The van der Waals surface area contributed by atoms with Gasteiger partial charge in [-0.15, -0.1) is 68.0 Å². The van der Waals surface area contributed by atoms with Crippen molar-refractivity contribution in [1.82, 2.24) is 0 Å². The smallest absolute Gasteiger partial charge is 0.123 e. The van der Waals surface area contributed by atoms with E-state index >= 15 is 0 Å². The van der Waals surface area contributed by atoms with E-state index in [4.69, 9.17) is 15.0 Å². The molecule has 0 atom stereocenters. The van der Waals surface area contributed by atoms with Gasteiger partial charge in [0.15, 0.2) is 0 Å².